The van der Waals surface area contributed by atoms with Crippen molar-refractivity contribution in [2.75, 3.05) is 13.2 Å². The fraction of sp³-hybridized carbons (Fsp3) is 0.972. The number of carbonyl (C=O) groups excluding carboxylic acids is 1. The van der Waals surface area contributed by atoms with Crippen LogP contribution in [0.5, 0.6) is 0 Å². The molecule has 2 saturated heterocycles. The van der Waals surface area contributed by atoms with Crippen molar-refractivity contribution in [2.24, 2.45) is 50.7 Å². The summed E-state index contributed by atoms with van der Waals surface area (Å²) in [5.74, 6) is 1.63. The summed E-state index contributed by atoms with van der Waals surface area (Å²) >= 11 is 0. The fourth-order valence-corrected chi connectivity index (χ4v) is 13.4. The molecule has 7 heteroatoms. The molecule has 0 aromatic rings. The summed E-state index contributed by atoms with van der Waals surface area (Å²) in [4.78, 5) is 12.9. The van der Waals surface area contributed by atoms with Crippen molar-refractivity contribution in [2.45, 2.75) is 155 Å². The molecule has 7 rings (SSSR count). The van der Waals surface area contributed by atoms with Gasteiger partial charge < -0.3 is 29.7 Å². The maximum absolute atomic E-state index is 12.9. The van der Waals surface area contributed by atoms with E-state index < -0.39 is 17.8 Å². The number of esters is 1. The van der Waals surface area contributed by atoms with E-state index in [9.17, 15) is 15.0 Å². The highest BCUT2D eigenvalue weighted by atomic mass is 16.6. The Morgan fingerprint density at radius 2 is 1.72 bits per heavy atom. The first kappa shape index (κ1) is 30.9. The highest BCUT2D eigenvalue weighted by molar-refractivity contribution is 5.77. The lowest BCUT2D eigenvalue weighted by Crippen LogP contribution is -2.60. The van der Waals surface area contributed by atoms with Gasteiger partial charge in [0.2, 0.25) is 0 Å². The van der Waals surface area contributed by atoms with Crippen LogP contribution < -0.4 is 5.32 Å². The number of rotatable bonds is 6. The quantitative estimate of drug-likeness (QED) is 0.358. The van der Waals surface area contributed by atoms with Gasteiger partial charge in [0.05, 0.1) is 23.9 Å². The number of carbonyl (C=O) groups is 1. The van der Waals surface area contributed by atoms with Crippen LogP contribution in [0.4, 0.5) is 0 Å². The van der Waals surface area contributed by atoms with Gasteiger partial charge in [-0.25, -0.2) is 0 Å². The first-order valence-corrected chi connectivity index (χ1v) is 17.7. The predicted molar refractivity (Wildman–Crippen MR) is 164 cm³/mol. The van der Waals surface area contributed by atoms with Gasteiger partial charge in [-0.05, 0) is 125 Å². The van der Waals surface area contributed by atoms with Gasteiger partial charge in [-0.1, -0.05) is 34.6 Å². The molecule has 0 aromatic heterocycles. The lowest BCUT2D eigenvalue weighted by Gasteiger charge is -2.63. The lowest BCUT2D eigenvalue weighted by atomic mass is 9.41. The molecule has 14 unspecified atom stereocenters. The maximum Gasteiger partial charge on any atom is 0.323 e. The molecule has 0 amide bonds. The Bertz CT molecular complexity index is 1130. The second kappa shape index (κ2) is 9.65. The van der Waals surface area contributed by atoms with Crippen LogP contribution in [0.15, 0.2) is 0 Å². The molecule has 43 heavy (non-hydrogen) atoms. The Kier molecular flexibility index (Phi) is 6.94. The molecule has 5 aliphatic carbocycles. The molecule has 5 saturated carbocycles. The van der Waals surface area contributed by atoms with E-state index in [0.29, 0.717) is 35.7 Å². The van der Waals surface area contributed by atoms with Crippen molar-refractivity contribution in [3.05, 3.63) is 0 Å². The predicted octanol–water partition coefficient (Wildman–Crippen LogP) is 5.25. The van der Waals surface area contributed by atoms with E-state index in [1.165, 1.54) is 12.8 Å². The largest absolute Gasteiger partial charge is 0.461 e. The molecule has 244 valence electrons. The molecular formula is C36H59NO6. The Hall–Kier alpha value is -0.730. The van der Waals surface area contributed by atoms with Crippen LogP contribution in [0, 0.1) is 50.7 Å². The van der Waals surface area contributed by atoms with Gasteiger partial charge in [0.15, 0.2) is 0 Å². The fourth-order valence-electron chi connectivity index (χ4n) is 13.4. The van der Waals surface area contributed by atoms with Crippen molar-refractivity contribution < 1.29 is 29.2 Å². The number of ether oxygens (including phenoxy) is 3. The highest BCUT2D eigenvalue weighted by Gasteiger charge is 2.84. The summed E-state index contributed by atoms with van der Waals surface area (Å²) in [6, 6.07) is -0.116. The topological polar surface area (TPSA) is 97.3 Å². The first-order valence-electron chi connectivity index (χ1n) is 17.7. The zero-order chi connectivity index (χ0) is 31.0. The summed E-state index contributed by atoms with van der Waals surface area (Å²) < 4.78 is 19.3. The molecule has 7 aliphatic rings. The third kappa shape index (κ3) is 3.87. The Balaban J connectivity index is 1.16. The van der Waals surface area contributed by atoms with Crippen LogP contribution >= 0.6 is 0 Å². The Morgan fingerprint density at radius 3 is 2.35 bits per heavy atom. The van der Waals surface area contributed by atoms with Gasteiger partial charge in [0, 0.05) is 17.4 Å². The van der Waals surface area contributed by atoms with Gasteiger partial charge in [-0.2, -0.15) is 0 Å². The number of fused-ring (bicyclic) bond motifs is 4. The van der Waals surface area contributed by atoms with Crippen LogP contribution in [-0.4, -0.2) is 71.5 Å². The van der Waals surface area contributed by atoms with Crippen LogP contribution in [0.3, 0.4) is 0 Å². The lowest BCUT2D eigenvalue weighted by molar-refractivity contribution is -0.215. The zero-order valence-electron chi connectivity index (χ0n) is 28.1. The van der Waals surface area contributed by atoms with Gasteiger partial charge in [0.25, 0.3) is 0 Å². The van der Waals surface area contributed by atoms with Crippen LogP contribution in [-0.2, 0) is 19.0 Å². The molecule has 7 fully saturated rings. The molecule has 14 atom stereocenters. The summed E-state index contributed by atoms with van der Waals surface area (Å²) in [6.45, 7) is 19.1. The summed E-state index contributed by atoms with van der Waals surface area (Å²) in [5, 5.41) is 26.7. The SMILES string of the molecule is CCOC(C1CC(C)C2C(O1)C(O)C1(C)C3CCC4C(C)(C)C(OC(=O)C5CCN5)CCC45CC35CCC21C)C(C)(C)O. The highest BCUT2D eigenvalue weighted by Crippen LogP contribution is 2.89. The molecule has 0 bridgehead atoms. The smallest absolute Gasteiger partial charge is 0.323 e. The summed E-state index contributed by atoms with van der Waals surface area (Å²) in [7, 11) is 0. The van der Waals surface area contributed by atoms with Gasteiger partial charge in [0.1, 0.15) is 18.2 Å². The second-order valence-corrected chi connectivity index (χ2v) is 17.8. The second-order valence-electron chi connectivity index (χ2n) is 17.8. The standard InChI is InChI=1S/C36H59NO6/c1-9-41-29(32(5,6)40)22-18-20(2)26-27(42-22)28(38)34(8)24-11-10-23-31(3,4)25(43-30(39)21-13-17-37-21)12-14-35(23)19-36(24,35)16-15-33(26,34)7/h20-29,37-38,40H,9-19H2,1-8H3. The molecule has 2 spiro atoms. The third-order valence-electron chi connectivity index (χ3n) is 15.5. The number of aliphatic hydroxyl groups is 2. The molecule has 0 aromatic carbocycles. The van der Waals surface area contributed by atoms with Gasteiger partial charge in [-0.3, -0.25) is 4.79 Å². The summed E-state index contributed by atoms with van der Waals surface area (Å²) in [5.41, 5.74) is -0.727. The van der Waals surface area contributed by atoms with E-state index in [4.69, 9.17) is 14.2 Å². The first-order chi connectivity index (χ1) is 20.1. The number of nitrogens with one attached hydrogen (secondary N) is 1. The van der Waals surface area contributed by atoms with E-state index >= 15 is 0 Å². The normalized spacial score (nSPS) is 53.7. The molecule has 2 heterocycles. The monoisotopic (exact) mass is 601 g/mol. The number of hydrogen-bond acceptors (Lipinski definition) is 7. The van der Waals surface area contributed by atoms with Crippen molar-refractivity contribution in [3.63, 3.8) is 0 Å². The zero-order valence-corrected chi connectivity index (χ0v) is 28.1. The van der Waals surface area contributed by atoms with Crippen LogP contribution in [0.25, 0.3) is 0 Å². The van der Waals surface area contributed by atoms with E-state index in [1.54, 1.807) is 0 Å². The Labute approximate surface area is 259 Å². The average Bonchev–Trinajstić information content (AvgIpc) is 3.52. The van der Waals surface area contributed by atoms with Gasteiger partial charge in [-0.15, -0.1) is 0 Å². The third-order valence-corrected chi connectivity index (χ3v) is 15.5. The molecule has 7 nitrogen and oxygen atoms in total. The van der Waals surface area contributed by atoms with Crippen molar-refractivity contribution in [3.8, 4) is 0 Å². The Morgan fingerprint density at radius 1 is 1.05 bits per heavy atom. The van der Waals surface area contributed by atoms with E-state index in [0.717, 1.165) is 51.5 Å². The molecule has 0 radical (unpaired) electrons. The minimum atomic E-state index is -1.02. The van der Waals surface area contributed by atoms with Gasteiger partial charge >= 0.3 is 5.97 Å². The number of aliphatic hydroxyl groups excluding tert-OH is 1. The van der Waals surface area contributed by atoms with E-state index in [2.05, 4.69) is 39.9 Å². The van der Waals surface area contributed by atoms with Crippen molar-refractivity contribution in [1.29, 1.82) is 0 Å². The van der Waals surface area contributed by atoms with Crippen LogP contribution in [0.2, 0.25) is 0 Å². The molecule has 3 N–H and O–H groups in total. The minimum absolute atomic E-state index is 0.00185. The van der Waals surface area contributed by atoms with Crippen molar-refractivity contribution >= 4 is 5.97 Å². The van der Waals surface area contributed by atoms with E-state index in [1.807, 2.05) is 20.8 Å². The van der Waals surface area contributed by atoms with Crippen LogP contribution in [0.1, 0.15) is 113 Å². The molecular weight excluding hydrogens is 542 g/mol. The maximum atomic E-state index is 12.9. The average molecular weight is 602 g/mol. The minimum Gasteiger partial charge on any atom is -0.461 e. The van der Waals surface area contributed by atoms with E-state index in [-0.39, 0.29) is 52.0 Å². The summed E-state index contributed by atoms with van der Waals surface area (Å²) in [6.07, 6.45) is 8.31. The van der Waals surface area contributed by atoms with Crippen molar-refractivity contribution in [1.82, 2.24) is 5.32 Å². The number of hydrogen-bond donors (Lipinski definition) is 3. The molecule has 2 aliphatic heterocycles.